The fraction of sp³-hybridized carbons (Fsp3) is 0.533. The Labute approximate surface area is 134 Å². The second-order valence-corrected chi connectivity index (χ2v) is 7.08. The molecule has 2 aliphatic heterocycles. The Morgan fingerprint density at radius 2 is 1.95 bits per heavy atom. The molecule has 0 bridgehead atoms. The van der Waals surface area contributed by atoms with Crippen molar-refractivity contribution >= 4 is 35.0 Å². The van der Waals surface area contributed by atoms with E-state index in [4.69, 9.17) is 11.6 Å². The SMILES string of the molecule is O=C(N1CCN(c2ccccc2Cl)CC1)C1(O)CCSC1. The summed E-state index contributed by atoms with van der Waals surface area (Å²) < 4.78 is 0. The first-order chi connectivity index (χ1) is 10.1. The van der Waals surface area contributed by atoms with Gasteiger partial charge in [0.2, 0.25) is 0 Å². The number of hydrogen-bond donors (Lipinski definition) is 1. The van der Waals surface area contributed by atoms with Crippen molar-refractivity contribution in [2.24, 2.45) is 0 Å². The second kappa shape index (κ2) is 6.07. The van der Waals surface area contributed by atoms with Crippen molar-refractivity contribution in [2.45, 2.75) is 12.0 Å². The lowest BCUT2D eigenvalue weighted by Gasteiger charge is -2.39. The van der Waals surface area contributed by atoms with Crippen LogP contribution in [0.15, 0.2) is 24.3 Å². The average molecular weight is 327 g/mol. The number of piperazine rings is 1. The van der Waals surface area contributed by atoms with Crippen molar-refractivity contribution in [1.82, 2.24) is 4.90 Å². The zero-order valence-corrected chi connectivity index (χ0v) is 13.4. The van der Waals surface area contributed by atoms with Crippen molar-refractivity contribution < 1.29 is 9.90 Å². The summed E-state index contributed by atoms with van der Waals surface area (Å²) in [7, 11) is 0. The van der Waals surface area contributed by atoms with E-state index in [2.05, 4.69) is 4.90 Å². The standard InChI is InChI=1S/C15H19ClN2O2S/c16-12-3-1-2-4-13(12)17-6-8-18(9-7-17)14(19)15(20)5-10-21-11-15/h1-4,20H,5-11H2. The Kier molecular flexibility index (Phi) is 4.33. The molecule has 0 saturated carbocycles. The third-order valence-corrected chi connectivity index (χ3v) is 5.65. The van der Waals surface area contributed by atoms with E-state index >= 15 is 0 Å². The van der Waals surface area contributed by atoms with Crippen LogP contribution in [-0.2, 0) is 4.79 Å². The number of thioether (sulfide) groups is 1. The molecule has 0 spiro atoms. The normalized spacial score (nSPS) is 26.2. The predicted octanol–water partition coefficient (Wildman–Crippen LogP) is 1.86. The summed E-state index contributed by atoms with van der Waals surface area (Å²) in [6.07, 6.45) is 0.571. The first-order valence-corrected chi connectivity index (χ1v) is 8.72. The largest absolute Gasteiger partial charge is 0.379 e. The Morgan fingerprint density at radius 1 is 1.24 bits per heavy atom. The van der Waals surface area contributed by atoms with Crippen LogP contribution in [0.25, 0.3) is 0 Å². The molecular formula is C15H19ClN2O2S. The number of amides is 1. The Morgan fingerprint density at radius 3 is 2.57 bits per heavy atom. The molecule has 1 atom stereocenters. The highest BCUT2D eigenvalue weighted by Crippen LogP contribution is 2.31. The van der Waals surface area contributed by atoms with Gasteiger partial charge in [0.05, 0.1) is 10.7 Å². The van der Waals surface area contributed by atoms with Crippen molar-refractivity contribution in [2.75, 3.05) is 42.6 Å². The van der Waals surface area contributed by atoms with E-state index < -0.39 is 5.60 Å². The average Bonchev–Trinajstić information content (AvgIpc) is 2.95. The van der Waals surface area contributed by atoms with Crippen LogP contribution in [0.3, 0.4) is 0 Å². The van der Waals surface area contributed by atoms with Crippen molar-refractivity contribution in [1.29, 1.82) is 0 Å². The number of carbonyl (C=O) groups is 1. The maximum absolute atomic E-state index is 12.5. The fourth-order valence-electron chi connectivity index (χ4n) is 2.88. The number of anilines is 1. The van der Waals surface area contributed by atoms with Crippen LogP contribution in [0, 0.1) is 0 Å². The van der Waals surface area contributed by atoms with E-state index in [0.717, 1.165) is 29.6 Å². The molecule has 1 unspecified atom stereocenters. The quantitative estimate of drug-likeness (QED) is 0.901. The van der Waals surface area contributed by atoms with Crippen LogP contribution in [-0.4, -0.2) is 59.2 Å². The molecule has 0 radical (unpaired) electrons. The molecule has 6 heteroatoms. The lowest BCUT2D eigenvalue weighted by Crippen LogP contribution is -2.56. The highest BCUT2D eigenvalue weighted by atomic mass is 35.5. The number of halogens is 1. The maximum atomic E-state index is 12.5. The Balaban J connectivity index is 1.63. The van der Waals surface area contributed by atoms with Gasteiger partial charge in [0, 0.05) is 31.9 Å². The molecule has 1 N–H and O–H groups in total. The molecule has 1 aromatic carbocycles. The van der Waals surface area contributed by atoms with Crippen LogP contribution >= 0.6 is 23.4 Å². The summed E-state index contributed by atoms with van der Waals surface area (Å²) in [5.41, 5.74) is -0.126. The van der Waals surface area contributed by atoms with Crippen molar-refractivity contribution in [3.63, 3.8) is 0 Å². The molecule has 114 valence electrons. The molecule has 2 fully saturated rings. The monoisotopic (exact) mass is 326 g/mol. The third kappa shape index (κ3) is 3.00. The molecule has 0 aromatic heterocycles. The summed E-state index contributed by atoms with van der Waals surface area (Å²) in [6.45, 7) is 2.77. The number of rotatable bonds is 2. The van der Waals surface area contributed by atoms with E-state index in [9.17, 15) is 9.90 Å². The lowest BCUT2D eigenvalue weighted by molar-refractivity contribution is -0.149. The van der Waals surface area contributed by atoms with Crippen molar-refractivity contribution in [3.8, 4) is 0 Å². The topological polar surface area (TPSA) is 43.8 Å². The minimum Gasteiger partial charge on any atom is -0.379 e. The van der Waals surface area contributed by atoms with Gasteiger partial charge in [-0.3, -0.25) is 4.79 Å². The van der Waals surface area contributed by atoms with E-state index in [-0.39, 0.29) is 5.91 Å². The minimum atomic E-state index is -1.14. The molecule has 0 aliphatic carbocycles. The van der Waals surface area contributed by atoms with Gasteiger partial charge in [0.25, 0.3) is 5.91 Å². The molecule has 1 aromatic rings. The smallest absolute Gasteiger partial charge is 0.255 e. The first kappa shape index (κ1) is 15.0. The van der Waals surface area contributed by atoms with E-state index in [1.54, 1.807) is 16.7 Å². The Hall–Kier alpha value is -0.910. The van der Waals surface area contributed by atoms with Gasteiger partial charge in [-0.05, 0) is 24.3 Å². The van der Waals surface area contributed by atoms with Gasteiger partial charge < -0.3 is 14.9 Å². The number of aliphatic hydroxyl groups is 1. The van der Waals surface area contributed by atoms with Gasteiger partial charge in [-0.2, -0.15) is 11.8 Å². The van der Waals surface area contributed by atoms with E-state index in [0.29, 0.717) is 25.3 Å². The van der Waals surface area contributed by atoms with Crippen LogP contribution in [0.2, 0.25) is 5.02 Å². The first-order valence-electron chi connectivity index (χ1n) is 7.19. The number of benzene rings is 1. The maximum Gasteiger partial charge on any atom is 0.255 e. The zero-order chi connectivity index (χ0) is 14.9. The zero-order valence-electron chi connectivity index (χ0n) is 11.8. The van der Waals surface area contributed by atoms with E-state index in [1.165, 1.54) is 0 Å². The van der Waals surface area contributed by atoms with Gasteiger partial charge in [-0.25, -0.2) is 0 Å². The van der Waals surface area contributed by atoms with Crippen LogP contribution in [0.1, 0.15) is 6.42 Å². The number of nitrogens with zero attached hydrogens (tertiary/aromatic N) is 2. The van der Waals surface area contributed by atoms with Crippen LogP contribution < -0.4 is 4.90 Å². The predicted molar refractivity (Wildman–Crippen MR) is 87.1 cm³/mol. The van der Waals surface area contributed by atoms with Gasteiger partial charge in [-0.1, -0.05) is 23.7 Å². The molecule has 21 heavy (non-hydrogen) atoms. The van der Waals surface area contributed by atoms with E-state index in [1.807, 2.05) is 24.3 Å². The number of carbonyl (C=O) groups excluding carboxylic acids is 1. The number of para-hydroxylation sites is 1. The molecule has 2 heterocycles. The summed E-state index contributed by atoms with van der Waals surface area (Å²) >= 11 is 7.86. The molecule has 2 aliphatic rings. The highest BCUT2D eigenvalue weighted by Gasteiger charge is 2.42. The molecular weight excluding hydrogens is 308 g/mol. The summed E-state index contributed by atoms with van der Waals surface area (Å²) in [4.78, 5) is 16.4. The number of hydrogen-bond acceptors (Lipinski definition) is 4. The van der Waals surface area contributed by atoms with Gasteiger partial charge >= 0.3 is 0 Å². The molecule has 1 amide bonds. The summed E-state index contributed by atoms with van der Waals surface area (Å²) in [5, 5.41) is 11.1. The van der Waals surface area contributed by atoms with Crippen molar-refractivity contribution in [3.05, 3.63) is 29.3 Å². The fourth-order valence-corrected chi connectivity index (χ4v) is 4.36. The van der Waals surface area contributed by atoms with Gasteiger partial charge in [0.1, 0.15) is 0 Å². The molecule has 2 saturated heterocycles. The third-order valence-electron chi connectivity index (χ3n) is 4.16. The summed E-state index contributed by atoms with van der Waals surface area (Å²) in [6, 6.07) is 7.77. The van der Waals surface area contributed by atoms with Crippen LogP contribution in [0.4, 0.5) is 5.69 Å². The lowest BCUT2D eigenvalue weighted by atomic mass is 10.0. The molecule has 4 nitrogen and oxygen atoms in total. The second-order valence-electron chi connectivity index (χ2n) is 5.56. The van der Waals surface area contributed by atoms with Gasteiger partial charge in [-0.15, -0.1) is 0 Å². The Bertz CT molecular complexity index is 526. The van der Waals surface area contributed by atoms with Crippen LogP contribution in [0.5, 0.6) is 0 Å². The molecule has 3 rings (SSSR count). The summed E-state index contributed by atoms with van der Waals surface area (Å²) in [5.74, 6) is 1.28. The van der Waals surface area contributed by atoms with Gasteiger partial charge in [0.15, 0.2) is 5.60 Å². The highest BCUT2D eigenvalue weighted by molar-refractivity contribution is 7.99. The minimum absolute atomic E-state index is 0.105.